The Morgan fingerprint density at radius 2 is 1.86 bits per heavy atom. The second-order valence-corrected chi connectivity index (χ2v) is 2.75. The Kier molecular flexibility index (Phi) is 5.13. The molecular weight excluding hydrogens is 192 g/mol. The molecule has 0 aliphatic carbocycles. The predicted molar refractivity (Wildman–Crippen MR) is 43.3 cm³/mol. The Labute approximate surface area is 80.1 Å². The van der Waals surface area contributed by atoms with Crippen molar-refractivity contribution in [2.45, 2.75) is 19.3 Å². The Morgan fingerprint density at radius 1 is 1.29 bits per heavy atom. The van der Waals surface area contributed by atoms with Crippen LogP contribution >= 0.6 is 0 Å². The lowest BCUT2D eigenvalue weighted by atomic mass is 10.00. The highest BCUT2D eigenvalue weighted by Gasteiger charge is 2.16. The molecule has 0 spiro atoms. The maximum atomic E-state index is 10.5. The molecule has 0 aliphatic heterocycles. The average Bonchev–Trinajstić information content (AvgIpc) is 2.02. The zero-order valence-electron chi connectivity index (χ0n) is 7.34. The third kappa shape index (κ3) is 5.87. The van der Waals surface area contributed by atoms with Crippen molar-refractivity contribution in [3.05, 3.63) is 12.0 Å². The highest BCUT2D eigenvalue weighted by Crippen LogP contribution is 2.12. The minimum Gasteiger partial charge on any atom is -0.629 e. The van der Waals surface area contributed by atoms with Gasteiger partial charge < -0.3 is 20.4 Å². The average molecular weight is 203 g/mol. The maximum Gasteiger partial charge on any atom is 0.306 e. The number of hydrogen-bond acceptors (Lipinski definition) is 4. The summed E-state index contributed by atoms with van der Waals surface area (Å²) in [4.78, 5) is 20.7. The van der Waals surface area contributed by atoms with Gasteiger partial charge in [0.25, 0.3) is 0 Å². The molecule has 0 aliphatic rings. The molecular formula is C8H11O6-. The molecule has 0 rings (SSSR count). The molecule has 0 saturated carbocycles. The molecule has 0 aromatic rings. The first kappa shape index (κ1) is 12.3. The third-order valence-electron chi connectivity index (χ3n) is 1.63. The van der Waals surface area contributed by atoms with Gasteiger partial charge >= 0.3 is 11.9 Å². The lowest BCUT2D eigenvalue weighted by molar-refractivity contribution is -0.349. The minimum absolute atomic E-state index is 0.0611. The first-order chi connectivity index (χ1) is 6.43. The standard InChI is InChI=1S/C8H12O6/c9-6(10)3-1-5(8(13)14)2-4-7(11)12/h3,5,9-10H,1-2,4H2,(H,11,12)(H,13,14)/p-1/t5-/m1/s1. The van der Waals surface area contributed by atoms with Crippen LogP contribution in [0.15, 0.2) is 12.0 Å². The molecule has 6 heteroatoms. The number of aliphatic carboxylic acids is 2. The van der Waals surface area contributed by atoms with Gasteiger partial charge in [0.05, 0.1) is 5.92 Å². The van der Waals surface area contributed by atoms with Crippen LogP contribution in [0.3, 0.4) is 0 Å². The summed E-state index contributed by atoms with van der Waals surface area (Å²) in [5, 5.41) is 35.3. The molecule has 0 radical (unpaired) electrons. The number of allylic oxidation sites excluding steroid dienone is 1. The summed E-state index contributed by atoms with van der Waals surface area (Å²) in [6, 6.07) is 0. The van der Waals surface area contributed by atoms with Gasteiger partial charge in [0.15, 0.2) is 0 Å². The number of rotatable bonds is 6. The van der Waals surface area contributed by atoms with Crippen LogP contribution in [0.2, 0.25) is 0 Å². The molecule has 1 atom stereocenters. The highest BCUT2D eigenvalue weighted by atomic mass is 16.5. The van der Waals surface area contributed by atoms with Gasteiger partial charge in [-0.1, -0.05) is 6.08 Å². The van der Waals surface area contributed by atoms with E-state index in [0.717, 1.165) is 6.08 Å². The fourth-order valence-electron chi connectivity index (χ4n) is 0.883. The number of aliphatic hydroxyl groups is 1. The molecule has 0 aromatic heterocycles. The summed E-state index contributed by atoms with van der Waals surface area (Å²) in [5.41, 5.74) is 0. The zero-order valence-corrected chi connectivity index (χ0v) is 7.34. The van der Waals surface area contributed by atoms with Crippen molar-refractivity contribution >= 4 is 11.9 Å². The van der Waals surface area contributed by atoms with Gasteiger partial charge in [0.2, 0.25) is 0 Å². The van der Waals surface area contributed by atoms with E-state index in [4.69, 9.17) is 15.3 Å². The quantitative estimate of drug-likeness (QED) is 0.510. The normalized spacial score (nSPS) is 13.6. The summed E-state index contributed by atoms with van der Waals surface area (Å²) in [6.07, 6.45) is 0.331. The van der Waals surface area contributed by atoms with Gasteiger partial charge in [-0.05, 0) is 12.8 Å². The van der Waals surface area contributed by atoms with Crippen molar-refractivity contribution in [3.63, 3.8) is 0 Å². The van der Waals surface area contributed by atoms with Crippen molar-refractivity contribution in [2.75, 3.05) is 0 Å². The molecule has 3 N–H and O–H groups in total. The van der Waals surface area contributed by atoms with Gasteiger partial charge in [-0.2, -0.15) is 0 Å². The van der Waals surface area contributed by atoms with E-state index in [9.17, 15) is 14.7 Å². The van der Waals surface area contributed by atoms with Crippen molar-refractivity contribution in [3.8, 4) is 0 Å². The largest absolute Gasteiger partial charge is 0.629 e. The van der Waals surface area contributed by atoms with Gasteiger partial charge in [0, 0.05) is 12.4 Å². The first-order valence-electron chi connectivity index (χ1n) is 3.94. The van der Waals surface area contributed by atoms with Gasteiger partial charge in [-0.3, -0.25) is 9.59 Å². The van der Waals surface area contributed by atoms with Gasteiger partial charge in [0.1, 0.15) is 0 Å². The molecule has 0 aromatic carbocycles. The molecule has 0 fully saturated rings. The second kappa shape index (κ2) is 5.85. The van der Waals surface area contributed by atoms with E-state index in [1.54, 1.807) is 0 Å². The van der Waals surface area contributed by atoms with Crippen LogP contribution in [0.1, 0.15) is 19.3 Å². The van der Waals surface area contributed by atoms with Gasteiger partial charge in [-0.15, -0.1) is 0 Å². The fraction of sp³-hybridized carbons (Fsp3) is 0.500. The van der Waals surface area contributed by atoms with Crippen LogP contribution in [-0.2, 0) is 9.59 Å². The summed E-state index contributed by atoms with van der Waals surface area (Å²) in [5.74, 6) is -4.41. The summed E-state index contributed by atoms with van der Waals surface area (Å²) in [6.45, 7) is 0. The number of carboxylic acids is 2. The predicted octanol–water partition coefficient (Wildman–Crippen LogP) is -0.298. The molecule has 6 nitrogen and oxygen atoms in total. The van der Waals surface area contributed by atoms with Crippen molar-refractivity contribution < 1.29 is 30.0 Å². The Balaban J connectivity index is 4.10. The SMILES string of the molecule is O=C(O)CC[C@@H](C/C=C(/[O-])O)C(=O)O. The number of hydrogen-bond donors (Lipinski definition) is 3. The van der Waals surface area contributed by atoms with E-state index in [2.05, 4.69) is 0 Å². The molecule has 0 saturated heterocycles. The van der Waals surface area contributed by atoms with E-state index < -0.39 is 23.8 Å². The lowest BCUT2D eigenvalue weighted by Crippen LogP contribution is -2.15. The smallest absolute Gasteiger partial charge is 0.306 e. The minimum atomic E-state index is -1.20. The number of carbonyl (C=O) groups is 2. The van der Waals surface area contributed by atoms with Gasteiger partial charge in [-0.25, -0.2) is 0 Å². The van der Waals surface area contributed by atoms with Crippen LogP contribution in [-0.4, -0.2) is 27.3 Å². The molecule has 0 bridgehead atoms. The lowest BCUT2D eigenvalue weighted by Gasteiger charge is -2.08. The third-order valence-corrected chi connectivity index (χ3v) is 1.63. The number of carboxylic acid groups (broad SMARTS) is 2. The zero-order chi connectivity index (χ0) is 11.1. The Morgan fingerprint density at radius 3 is 2.21 bits per heavy atom. The monoisotopic (exact) mass is 203 g/mol. The van der Waals surface area contributed by atoms with Crippen molar-refractivity contribution in [1.82, 2.24) is 0 Å². The summed E-state index contributed by atoms with van der Waals surface area (Å²) >= 11 is 0. The van der Waals surface area contributed by atoms with E-state index >= 15 is 0 Å². The molecule has 0 unspecified atom stereocenters. The van der Waals surface area contributed by atoms with Crippen LogP contribution in [0.4, 0.5) is 0 Å². The van der Waals surface area contributed by atoms with Crippen LogP contribution < -0.4 is 5.11 Å². The fourth-order valence-corrected chi connectivity index (χ4v) is 0.883. The molecule has 80 valence electrons. The number of aliphatic hydroxyl groups excluding tert-OH is 1. The first-order valence-corrected chi connectivity index (χ1v) is 3.94. The van der Waals surface area contributed by atoms with E-state index in [-0.39, 0.29) is 19.3 Å². The van der Waals surface area contributed by atoms with E-state index in [1.807, 2.05) is 0 Å². The Bertz CT molecular complexity index is 240. The van der Waals surface area contributed by atoms with Crippen molar-refractivity contribution in [2.24, 2.45) is 5.92 Å². The van der Waals surface area contributed by atoms with Crippen molar-refractivity contribution in [1.29, 1.82) is 0 Å². The summed E-state index contributed by atoms with van der Waals surface area (Å²) in [7, 11) is 0. The Hall–Kier alpha value is -1.72. The van der Waals surface area contributed by atoms with Crippen LogP contribution in [0, 0.1) is 5.92 Å². The molecule has 0 heterocycles. The molecule has 14 heavy (non-hydrogen) atoms. The van der Waals surface area contributed by atoms with Crippen LogP contribution in [0.5, 0.6) is 0 Å². The topological polar surface area (TPSA) is 118 Å². The van der Waals surface area contributed by atoms with E-state index in [1.165, 1.54) is 0 Å². The van der Waals surface area contributed by atoms with E-state index in [0.29, 0.717) is 0 Å². The highest BCUT2D eigenvalue weighted by molar-refractivity contribution is 5.72. The summed E-state index contributed by atoms with van der Waals surface area (Å²) < 4.78 is 0. The van der Waals surface area contributed by atoms with Crippen LogP contribution in [0.25, 0.3) is 0 Å². The maximum absolute atomic E-state index is 10.5. The molecule has 0 amide bonds. The second-order valence-electron chi connectivity index (χ2n) is 2.75.